The van der Waals surface area contributed by atoms with E-state index in [1.807, 2.05) is 5.38 Å². The van der Waals surface area contributed by atoms with Crippen molar-refractivity contribution in [3.05, 3.63) is 16.1 Å². The fourth-order valence-electron chi connectivity index (χ4n) is 2.05. The standard InChI is InChI=1S/C11H16ClN3OS/c12-5-9-7-17-10(14-9)6-15-3-1-8(2-4-15)11(13)16/h7-8H,1-6H2,(H2,13,16). The molecule has 0 aromatic carbocycles. The second kappa shape index (κ2) is 5.80. The summed E-state index contributed by atoms with van der Waals surface area (Å²) < 4.78 is 0. The molecule has 0 radical (unpaired) electrons. The highest BCUT2D eigenvalue weighted by molar-refractivity contribution is 7.09. The van der Waals surface area contributed by atoms with E-state index in [0.717, 1.165) is 43.2 Å². The number of piperidine rings is 1. The molecule has 94 valence electrons. The molecular formula is C11H16ClN3OS. The van der Waals surface area contributed by atoms with E-state index < -0.39 is 0 Å². The molecule has 17 heavy (non-hydrogen) atoms. The molecule has 1 aromatic rings. The van der Waals surface area contributed by atoms with Gasteiger partial charge in [0.2, 0.25) is 5.91 Å². The summed E-state index contributed by atoms with van der Waals surface area (Å²) in [5.41, 5.74) is 6.25. The Morgan fingerprint density at radius 3 is 2.82 bits per heavy atom. The number of likely N-dealkylation sites (tertiary alicyclic amines) is 1. The van der Waals surface area contributed by atoms with Crippen LogP contribution < -0.4 is 5.73 Å². The van der Waals surface area contributed by atoms with Crippen molar-refractivity contribution in [2.24, 2.45) is 11.7 Å². The van der Waals surface area contributed by atoms with Crippen LogP contribution in [0.2, 0.25) is 0 Å². The Hall–Kier alpha value is -0.650. The van der Waals surface area contributed by atoms with Crippen LogP contribution in [0.5, 0.6) is 0 Å². The first-order valence-electron chi connectivity index (χ1n) is 5.70. The minimum Gasteiger partial charge on any atom is -0.369 e. The predicted octanol–water partition coefficient (Wildman–Crippen LogP) is 1.58. The van der Waals surface area contributed by atoms with Crippen molar-refractivity contribution in [3.8, 4) is 0 Å². The largest absolute Gasteiger partial charge is 0.369 e. The fourth-order valence-corrected chi connectivity index (χ4v) is 3.11. The normalized spacial score (nSPS) is 18.4. The van der Waals surface area contributed by atoms with Crippen LogP contribution in [-0.4, -0.2) is 28.9 Å². The predicted molar refractivity (Wildman–Crippen MR) is 68.9 cm³/mol. The van der Waals surface area contributed by atoms with Crippen LogP contribution in [-0.2, 0) is 17.2 Å². The third-order valence-corrected chi connectivity index (χ3v) is 4.24. The van der Waals surface area contributed by atoms with Crippen LogP contribution >= 0.6 is 22.9 Å². The zero-order chi connectivity index (χ0) is 12.3. The van der Waals surface area contributed by atoms with Gasteiger partial charge in [0, 0.05) is 11.3 Å². The van der Waals surface area contributed by atoms with Crippen molar-refractivity contribution < 1.29 is 4.79 Å². The molecule has 1 aliphatic heterocycles. The zero-order valence-electron chi connectivity index (χ0n) is 9.56. The lowest BCUT2D eigenvalue weighted by Gasteiger charge is -2.29. The van der Waals surface area contributed by atoms with Crippen molar-refractivity contribution in [1.82, 2.24) is 9.88 Å². The summed E-state index contributed by atoms with van der Waals surface area (Å²) in [6, 6.07) is 0. The quantitative estimate of drug-likeness (QED) is 0.848. The Morgan fingerprint density at radius 1 is 1.59 bits per heavy atom. The molecule has 6 heteroatoms. The number of nitrogens with zero attached hydrogens (tertiary/aromatic N) is 2. The molecular weight excluding hydrogens is 258 g/mol. The first-order chi connectivity index (χ1) is 8.19. The molecule has 0 saturated carbocycles. The molecule has 0 aliphatic carbocycles. The molecule has 0 unspecified atom stereocenters. The smallest absolute Gasteiger partial charge is 0.220 e. The van der Waals surface area contributed by atoms with Crippen LogP contribution in [0, 0.1) is 5.92 Å². The van der Waals surface area contributed by atoms with E-state index >= 15 is 0 Å². The topological polar surface area (TPSA) is 59.2 Å². The van der Waals surface area contributed by atoms with E-state index in [0.29, 0.717) is 5.88 Å². The highest BCUT2D eigenvalue weighted by Crippen LogP contribution is 2.20. The Kier molecular flexibility index (Phi) is 4.36. The first kappa shape index (κ1) is 12.8. The molecule has 1 aliphatic rings. The monoisotopic (exact) mass is 273 g/mol. The molecule has 2 heterocycles. The SMILES string of the molecule is NC(=O)C1CCN(Cc2nc(CCl)cs2)CC1. The highest BCUT2D eigenvalue weighted by atomic mass is 35.5. The van der Waals surface area contributed by atoms with E-state index in [4.69, 9.17) is 17.3 Å². The number of nitrogens with two attached hydrogens (primary N) is 1. The summed E-state index contributed by atoms with van der Waals surface area (Å²) in [6.07, 6.45) is 1.73. The van der Waals surface area contributed by atoms with E-state index in [9.17, 15) is 4.79 Å². The van der Waals surface area contributed by atoms with E-state index in [1.54, 1.807) is 11.3 Å². The van der Waals surface area contributed by atoms with Crippen molar-refractivity contribution in [1.29, 1.82) is 0 Å². The number of thiazole rings is 1. The molecule has 0 atom stereocenters. The average Bonchev–Trinajstić information content (AvgIpc) is 2.77. The van der Waals surface area contributed by atoms with Gasteiger partial charge in [0.25, 0.3) is 0 Å². The van der Waals surface area contributed by atoms with E-state index in [1.165, 1.54) is 0 Å². The summed E-state index contributed by atoms with van der Waals surface area (Å²) in [6.45, 7) is 2.69. The first-order valence-corrected chi connectivity index (χ1v) is 7.11. The van der Waals surface area contributed by atoms with Crippen molar-refractivity contribution >= 4 is 28.8 Å². The Bertz CT molecular complexity index is 388. The minimum absolute atomic E-state index is 0.0564. The van der Waals surface area contributed by atoms with Crippen LogP contribution in [0.15, 0.2) is 5.38 Å². The molecule has 1 saturated heterocycles. The second-order valence-electron chi connectivity index (χ2n) is 4.32. The van der Waals surface area contributed by atoms with Gasteiger partial charge >= 0.3 is 0 Å². The van der Waals surface area contributed by atoms with Gasteiger partial charge in [-0.3, -0.25) is 9.69 Å². The van der Waals surface area contributed by atoms with Gasteiger partial charge in [-0.2, -0.15) is 0 Å². The number of hydrogen-bond donors (Lipinski definition) is 1. The molecule has 4 nitrogen and oxygen atoms in total. The number of aromatic nitrogens is 1. The molecule has 1 aromatic heterocycles. The Morgan fingerprint density at radius 2 is 2.29 bits per heavy atom. The molecule has 0 bridgehead atoms. The number of carbonyl (C=O) groups excluding carboxylic acids is 1. The second-order valence-corrected chi connectivity index (χ2v) is 5.53. The van der Waals surface area contributed by atoms with Gasteiger partial charge in [-0.15, -0.1) is 22.9 Å². The molecule has 2 N–H and O–H groups in total. The summed E-state index contributed by atoms with van der Waals surface area (Å²) in [5.74, 6) is 0.365. The van der Waals surface area contributed by atoms with Gasteiger partial charge in [0.05, 0.1) is 18.1 Å². The highest BCUT2D eigenvalue weighted by Gasteiger charge is 2.23. The number of carbonyl (C=O) groups is 1. The van der Waals surface area contributed by atoms with Gasteiger partial charge in [-0.05, 0) is 25.9 Å². The van der Waals surface area contributed by atoms with Gasteiger partial charge in [-0.25, -0.2) is 4.98 Å². The lowest BCUT2D eigenvalue weighted by Crippen LogP contribution is -2.38. The minimum atomic E-state index is -0.164. The zero-order valence-corrected chi connectivity index (χ0v) is 11.1. The van der Waals surface area contributed by atoms with Crippen LogP contribution in [0.25, 0.3) is 0 Å². The summed E-state index contributed by atoms with van der Waals surface area (Å²) >= 11 is 7.36. The molecule has 2 rings (SSSR count). The number of hydrogen-bond acceptors (Lipinski definition) is 4. The van der Waals surface area contributed by atoms with Gasteiger partial charge < -0.3 is 5.73 Å². The lowest BCUT2D eigenvalue weighted by molar-refractivity contribution is -0.123. The van der Waals surface area contributed by atoms with Gasteiger partial charge in [0.15, 0.2) is 0 Å². The van der Waals surface area contributed by atoms with E-state index in [-0.39, 0.29) is 11.8 Å². The number of halogens is 1. The third kappa shape index (κ3) is 3.40. The van der Waals surface area contributed by atoms with Gasteiger partial charge in [-0.1, -0.05) is 0 Å². The van der Waals surface area contributed by atoms with Crippen molar-refractivity contribution in [2.45, 2.75) is 25.3 Å². The number of alkyl halides is 1. The summed E-state index contributed by atoms with van der Waals surface area (Å²) in [7, 11) is 0. The Labute approximate surface area is 110 Å². The van der Waals surface area contributed by atoms with Crippen LogP contribution in [0.4, 0.5) is 0 Å². The molecule has 1 amide bonds. The number of amides is 1. The van der Waals surface area contributed by atoms with Crippen LogP contribution in [0.3, 0.4) is 0 Å². The van der Waals surface area contributed by atoms with Crippen molar-refractivity contribution in [3.63, 3.8) is 0 Å². The number of primary amides is 1. The van der Waals surface area contributed by atoms with E-state index in [2.05, 4.69) is 9.88 Å². The summed E-state index contributed by atoms with van der Waals surface area (Å²) in [5, 5.41) is 3.09. The van der Waals surface area contributed by atoms with Crippen molar-refractivity contribution in [2.75, 3.05) is 13.1 Å². The maximum absolute atomic E-state index is 11.0. The third-order valence-electron chi connectivity index (χ3n) is 3.09. The maximum Gasteiger partial charge on any atom is 0.220 e. The Balaban J connectivity index is 1.83. The summed E-state index contributed by atoms with van der Waals surface area (Å²) in [4.78, 5) is 17.8. The number of rotatable bonds is 4. The maximum atomic E-state index is 11.0. The van der Waals surface area contributed by atoms with Crippen LogP contribution in [0.1, 0.15) is 23.5 Å². The lowest BCUT2D eigenvalue weighted by atomic mass is 9.96. The molecule has 1 fully saturated rings. The fraction of sp³-hybridized carbons (Fsp3) is 0.636. The molecule has 0 spiro atoms. The average molecular weight is 274 g/mol. The van der Waals surface area contributed by atoms with Gasteiger partial charge in [0.1, 0.15) is 5.01 Å².